The van der Waals surface area contributed by atoms with Gasteiger partial charge in [-0.25, -0.2) is 4.98 Å². The summed E-state index contributed by atoms with van der Waals surface area (Å²) in [5.74, 6) is 1.06. The molecule has 0 aliphatic heterocycles. The van der Waals surface area contributed by atoms with Gasteiger partial charge in [0.2, 0.25) is 0 Å². The van der Waals surface area contributed by atoms with E-state index < -0.39 is 0 Å². The van der Waals surface area contributed by atoms with Gasteiger partial charge in [-0.05, 0) is 25.0 Å². The molecule has 0 unspecified atom stereocenters. The average Bonchev–Trinajstić information content (AvgIpc) is 2.98. The molecule has 2 nitrogen and oxygen atoms in total. The lowest BCUT2D eigenvalue weighted by Crippen LogP contribution is -2.14. The van der Waals surface area contributed by atoms with Gasteiger partial charge in [0.25, 0.3) is 0 Å². The molecular weight excluding hydrogens is 236 g/mol. The Morgan fingerprint density at radius 1 is 1.50 bits per heavy atom. The Morgan fingerprint density at radius 3 is 2.88 bits per heavy atom. The normalized spacial score (nSPS) is 16.0. The summed E-state index contributed by atoms with van der Waals surface area (Å²) in [6.07, 6.45) is 2.71. The van der Waals surface area contributed by atoms with Crippen LogP contribution < -0.4 is 5.32 Å². The van der Waals surface area contributed by atoms with Crippen molar-refractivity contribution in [2.45, 2.75) is 57.2 Å². The van der Waals surface area contributed by atoms with Crippen LogP contribution in [0.5, 0.6) is 0 Å². The summed E-state index contributed by atoms with van der Waals surface area (Å²) in [7, 11) is 0. The van der Waals surface area contributed by atoms with Crippen molar-refractivity contribution in [2.75, 3.05) is 0 Å². The Hall–Kier alpha value is -0.0600. The number of nitrogens with one attached hydrogen (secondary N) is 1. The van der Waals surface area contributed by atoms with E-state index in [1.807, 2.05) is 23.1 Å². The van der Waals surface area contributed by atoms with Gasteiger partial charge in [0.05, 0.1) is 5.69 Å². The topological polar surface area (TPSA) is 24.9 Å². The number of aryl methyl sites for hydroxylation is 1. The van der Waals surface area contributed by atoms with E-state index in [4.69, 9.17) is 0 Å². The van der Waals surface area contributed by atoms with Gasteiger partial charge < -0.3 is 5.32 Å². The van der Waals surface area contributed by atoms with E-state index in [0.717, 1.165) is 18.3 Å². The molecule has 1 aromatic rings. The van der Waals surface area contributed by atoms with Crippen molar-refractivity contribution in [3.63, 3.8) is 0 Å². The maximum Gasteiger partial charge on any atom is 0.103 e. The number of hydrogen-bond donors (Lipinski definition) is 1. The lowest BCUT2D eigenvalue weighted by atomic mass is 10.4. The minimum atomic E-state index is 0.692. The Morgan fingerprint density at radius 2 is 2.25 bits per heavy atom. The van der Waals surface area contributed by atoms with Crippen molar-refractivity contribution >= 4 is 23.1 Å². The maximum absolute atomic E-state index is 4.64. The summed E-state index contributed by atoms with van der Waals surface area (Å²) < 4.78 is 0. The van der Waals surface area contributed by atoms with Crippen LogP contribution in [0.4, 0.5) is 0 Å². The third kappa shape index (κ3) is 3.75. The minimum absolute atomic E-state index is 0.692. The summed E-state index contributed by atoms with van der Waals surface area (Å²) in [5.41, 5.74) is 1.22. The van der Waals surface area contributed by atoms with E-state index in [-0.39, 0.29) is 0 Å². The first kappa shape index (κ1) is 12.4. The summed E-state index contributed by atoms with van der Waals surface area (Å²) in [6, 6.07) is 0.787. The van der Waals surface area contributed by atoms with E-state index in [1.54, 1.807) is 0 Å². The van der Waals surface area contributed by atoms with E-state index in [9.17, 15) is 0 Å². The lowest BCUT2D eigenvalue weighted by molar-refractivity contribution is 0.691. The second-order valence-corrected chi connectivity index (χ2v) is 7.36. The molecule has 0 atom stereocenters. The number of thiazole rings is 1. The van der Waals surface area contributed by atoms with Crippen LogP contribution in [0.15, 0.2) is 0 Å². The highest BCUT2D eigenvalue weighted by Crippen LogP contribution is 2.25. The maximum atomic E-state index is 4.64. The number of rotatable bonds is 6. The minimum Gasteiger partial charge on any atom is -0.309 e. The van der Waals surface area contributed by atoms with Crippen molar-refractivity contribution in [3.8, 4) is 0 Å². The molecule has 0 spiro atoms. The van der Waals surface area contributed by atoms with Crippen molar-refractivity contribution in [1.82, 2.24) is 10.3 Å². The Kier molecular flexibility index (Phi) is 4.27. The van der Waals surface area contributed by atoms with E-state index in [0.29, 0.717) is 5.25 Å². The third-order valence-electron chi connectivity index (χ3n) is 2.61. The number of nitrogens with zero attached hydrogens (tertiary/aromatic N) is 1. The summed E-state index contributed by atoms with van der Waals surface area (Å²) in [5, 5.41) is 5.53. The SMILES string of the molecule is Cc1nc(CSC(C)C)sc1CNC1CC1. The molecule has 1 aliphatic carbocycles. The highest BCUT2D eigenvalue weighted by atomic mass is 32.2. The van der Waals surface area contributed by atoms with Crippen LogP contribution in [0.2, 0.25) is 0 Å². The van der Waals surface area contributed by atoms with Gasteiger partial charge in [0.1, 0.15) is 5.01 Å². The fraction of sp³-hybridized carbons (Fsp3) is 0.750. The molecule has 0 aromatic carbocycles. The molecule has 1 aliphatic rings. The quantitative estimate of drug-likeness (QED) is 0.845. The van der Waals surface area contributed by atoms with Gasteiger partial charge in [0, 0.05) is 23.2 Å². The van der Waals surface area contributed by atoms with Crippen molar-refractivity contribution in [3.05, 3.63) is 15.6 Å². The Labute approximate surface area is 106 Å². The molecule has 0 saturated heterocycles. The third-order valence-corrected chi connectivity index (χ3v) is 5.05. The fourth-order valence-corrected chi connectivity index (χ4v) is 3.27. The van der Waals surface area contributed by atoms with Gasteiger partial charge in [-0.1, -0.05) is 13.8 Å². The standard InChI is InChI=1S/C12H20N2S2/c1-8(2)15-7-12-14-9(3)11(16-12)6-13-10-4-5-10/h8,10,13H,4-7H2,1-3H3. The number of aromatic nitrogens is 1. The molecule has 1 saturated carbocycles. The highest BCUT2D eigenvalue weighted by Gasteiger charge is 2.21. The van der Waals surface area contributed by atoms with Gasteiger partial charge >= 0.3 is 0 Å². The van der Waals surface area contributed by atoms with Crippen LogP contribution in [-0.2, 0) is 12.3 Å². The molecule has 4 heteroatoms. The molecule has 0 bridgehead atoms. The predicted octanol–water partition coefficient (Wildman–Crippen LogP) is 3.35. The van der Waals surface area contributed by atoms with Crippen molar-refractivity contribution in [2.24, 2.45) is 0 Å². The Balaban J connectivity index is 1.86. The fourth-order valence-electron chi connectivity index (χ4n) is 1.48. The molecule has 1 heterocycles. The highest BCUT2D eigenvalue weighted by molar-refractivity contribution is 7.99. The van der Waals surface area contributed by atoms with Gasteiger partial charge in [-0.15, -0.1) is 11.3 Å². The van der Waals surface area contributed by atoms with Crippen molar-refractivity contribution < 1.29 is 0 Å². The second-order valence-electron chi connectivity index (χ2n) is 4.63. The molecule has 0 radical (unpaired) electrons. The molecular formula is C12H20N2S2. The smallest absolute Gasteiger partial charge is 0.103 e. The molecule has 90 valence electrons. The van der Waals surface area contributed by atoms with Crippen LogP contribution in [0.3, 0.4) is 0 Å². The van der Waals surface area contributed by atoms with Gasteiger partial charge in [-0.3, -0.25) is 0 Å². The first-order valence-corrected chi connectivity index (χ1v) is 7.82. The zero-order valence-corrected chi connectivity index (χ0v) is 11.9. The van der Waals surface area contributed by atoms with E-state index >= 15 is 0 Å². The van der Waals surface area contributed by atoms with Gasteiger partial charge in [-0.2, -0.15) is 11.8 Å². The van der Waals surface area contributed by atoms with E-state index in [2.05, 4.69) is 31.1 Å². The summed E-state index contributed by atoms with van der Waals surface area (Å²) in [4.78, 5) is 6.06. The molecule has 16 heavy (non-hydrogen) atoms. The Bertz CT molecular complexity index is 343. The van der Waals surface area contributed by atoms with Crippen molar-refractivity contribution in [1.29, 1.82) is 0 Å². The van der Waals surface area contributed by atoms with Crippen LogP contribution >= 0.6 is 23.1 Å². The average molecular weight is 256 g/mol. The van der Waals surface area contributed by atoms with Crippen LogP contribution in [0.25, 0.3) is 0 Å². The first-order chi connectivity index (χ1) is 7.65. The molecule has 1 fully saturated rings. The molecule has 2 rings (SSSR count). The predicted molar refractivity (Wildman–Crippen MR) is 73.1 cm³/mol. The van der Waals surface area contributed by atoms with Crippen LogP contribution in [0, 0.1) is 6.92 Å². The second kappa shape index (κ2) is 5.52. The van der Waals surface area contributed by atoms with E-state index in [1.165, 1.54) is 28.4 Å². The van der Waals surface area contributed by atoms with Gasteiger partial charge in [0.15, 0.2) is 0 Å². The molecule has 0 amide bonds. The number of thioether (sulfide) groups is 1. The number of hydrogen-bond acceptors (Lipinski definition) is 4. The molecule has 1 N–H and O–H groups in total. The lowest BCUT2D eigenvalue weighted by Gasteiger charge is -2.00. The van der Waals surface area contributed by atoms with Crippen LogP contribution in [0.1, 0.15) is 42.3 Å². The zero-order chi connectivity index (χ0) is 11.5. The summed E-state index contributed by atoms with van der Waals surface area (Å²) >= 11 is 3.85. The molecule has 1 aromatic heterocycles. The zero-order valence-electron chi connectivity index (χ0n) is 10.2. The van der Waals surface area contributed by atoms with Crippen LogP contribution in [-0.4, -0.2) is 16.3 Å². The first-order valence-electron chi connectivity index (χ1n) is 5.95. The summed E-state index contributed by atoms with van der Waals surface area (Å²) in [6.45, 7) is 7.62. The largest absolute Gasteiger partial charge is 0.309 e. The monoisotopic (exact) mass is 256 g/mol.